The lowest BCUT2D eigenvalue weighted by Gasteiger charge is -2.40. The van der Waals surface area contributed by atoms with E-state index >= 15 is 0 Å². The average molecular weight is 400 g/mol. The monoisotopic (exact) mass is 400 g/mol. The van der Waals surface area contributed by atoms with Crippen LogP contribution in [-0.4, -0.2) is 34.4 Å². The molecule has 1 N–H and O–H groups in total. The van der Waals surface area contributed by atoms with Crippen LogP contribution in [0.25, 0.3) is 22.3 Å². The van der Waals surface area contributed by atoms with Crippen LogP contribution in [0.1, 0.15) is 24.4 Å². The van der Waals surface area contributed by atoms with Crippen molar-refractivity contribution in [2.45, 2.75) is 19.9 Å². The topological polar surface area (TPSA) is 82.4 Å². The van der Waals surface area contributed by atoms with Gasteiger partial charge in [0.2, 0.25) is 5.91 Å². The van der Waals surface area contributed by atoms with Crippen molar-refractivity contribution >= 4 is 34.2 Å². The second-order valence-electron chi connectivity index (χ2n) is 7.44. The highest BCUT2D eigenvalue weighted by molar-refractivity contribution is 6.10. The lowest BCUT2D eigenvalue weighted by molar-refractivity contribution is -0.117. The standard InChI is InChI=1S/C23H20N4O3/c1-14-13-26(23(29)22-4-3-11-30-22)21-12-16(5-8-20(21)27(14)15(2)28)17-6-7-18-19(25-17)9-10-24-18/h3-12,14,24H,13H2,1-2H3/t14-/m0/s1. The number of fused-ring (bicyclic) bond motifs is 2. The van der Waals surface area contributed by atoms with Crippen molar-refractivity contribution in [2.75, 3.05) is 16.3 Å². The van der Waals surface area contributed by atoms with E-state index in [4.69, 9.17) is 9.40 Å². The Bertz CT molecular complexity index is 1260. The Morgan fingerprint density at radius 3 is 2.77 bits per heavy atom. The number of aromatic amines is 1. The number of aromatic nitrogens is 2. The molecule has 1 aliphatic heterocycles. The van der Waals surface area contributed by atoms with Crippen molar-refractivity contribution in [3.05, 3.63) is 66.8 Å². The second kappa shape index (κ2) is 6.88. The maximum absolute atomic E-state index is 13.1. The third kappa shape index (κ3) is 2.86. The van der Waals surface area contributed by atoms with Crippen molar-refractivity contribution in [3.63, 3.8) is 0 Å². The Labute approximate surface area is 172 Å². The van der Waals surface area contributed by atoms with Crippen molar-refractivity contribution in [1.82, 2.24) is 9.97 Å². The minimum absolute atomic E-state index is 0.0616. The molecule has 0 radical (unpaired) electrons. The van der Waals surface area contributed by atoms with Gasteiger partial charge in [0.25, 0.3) is 5.91 Å². The predicted octanol–water partition coefficient (Wildman–Crippen LogP) is 4.22. The number of carbonyl (C=O) groups is 2. The molecule has 1 atom stereocenters. The Morgan fingerprint density at radius 2 is 2.00 bits per heavy atom. The van der Waals surface area contributed by atoms with E-state index in [1.807, 2.05) is 49.5 Å². The third-order valence-electron chi connectivity index (χ3n) is 5.43. The van der Waals surface area contributed by atoms with Gasteiger partial charge in [0.05, 0.1) is 40.4 Å². The Kier molecular flexibility index (Phi) is 4.17. The molecule has 1 aromatic carbocycles. The van der Waals surface area contributed by atoms with E-state index in [2.05, 4.69) is 4.98 Å². The molecule has 7 heteroatoms. The Hall–Kier alpha value is -3.87. The van der Waals surface area contributed by atoms with E-state index in [-0.39, 0.29) is 23.6 Å². The average Bonchev–Trinajstić information content (AvgIpc) is 3.43. The molecule has 0 saturated carbocycles. The summed E-state index contributed by atoms with van der Waals surface area (Å²) in [5.41, 5.74) is 4.86. The van der Waals surface area contributed by atoms with Crippen LogP contribution in [0.15, 0.2) is 65.4 Å². The number of anilines is 2. The number of hydrogen-bond acceptors (Lipinski definition) is 4. The van der Waals surface area contributed by atoms with Gasteiger partial charge in [-0.05, 0) is 49.4 Å². The summed E-state index contributed by atoms with van der Waals surface area (Å²) in [5, 5.41) is 0. The summed E-state index contributed by atoms with van der Waals surface area (Å²) in [6, 6.07) is 14.7. The molecule has 1 aliphatic rings. The zero-order chi connectivity index (χ0) is 20.8. The lowest BCUT2D eigenvalue weighted by Crippen LogP contribution is -2.51. The number of benzene rings is 1. The maximum Gasteiger partial charge on any atom is 0.294 e. The largest absolute Gasteiger partial charge is 0.459 e. The van der Waals surface area contributed by atoms with Gasteiger partial charge in [0.1, 0.15) is 0 Å². The van der Waals surface area contributed by atoms with Crippen LogP contribution in [0.5, 0.6) is 0 Å². The second-order valence-corrected chi connectivity index (χ2v) is 7.44. The summed E-state index contributed by atoms with van der Waals surface area (Å²) in [6.07, 6.45) is 3.33. The molecule has 30 heavy (non-hydrogen) atoms. The minimum Gasteiger partial charge on any atom is -0.459 e. The number of pyridine rings is 1. The van der Waals surface area contributed by atoms with Gasteiger partial charge in [0, 0.05) is 25.2 Å². The summed E-state index contributed by atoms with van der Waals surface area (Å²) in [7, 11) is 0. The first kappa shape index (κ1) is 18.2. The van der Waals surface area contributed by atoms with Gasteiger partial charge in [0.15, 0.2) is 5.76 Å². The molecule has 7 nitrogen and oxygen atoms in total. The molecule has 0 unspecified atom stereocenters. The molecular formula is C23H20N4O3. The normalized spacial score (nSPS) is 16.0. The molecule has 5 rings (SSSR count). The first-order valence-corrected chi connectivity index (χ1v) is 9.76. The minimum atomic E-state index is -0.234. The van der Waals surface area contributed by atoms with E-state index in [1.54, 1.807) is 28.9 Å². The molecule has 0 saturated heterocycles. The van der Waals surface area contributed by atoms with Crippen LogP contribution >= 0.6 is 0 Å². The zero-order valence-electron chi connectivity index (χ0n) is 16.6. The highest BCUT2D eigenvalue weighted by Gasteiger charge is 2.35. The lowest BCUT2D eigenvalue weighted by atomic mass is 10.0. The van der Waals surface area contributed by atoms with E-state index < -0.39 is 0 Å². The van der Waals surface area contributed by atoms with Gasteiger partial charge in [-0.25, -0.2) is 4.98 Å². The van der Waals surface area contributed by atoms with Gasteiger partial charge in [-0.15, -0.1) is 0 Å². The number of carbonyl (C=O) groups excluding carboxylic acids is 2. The van der Waals surface area contributed by atoms with Crippen LogP contribution in [0.3, 0.4) is 0 Å². The summed E-state index contributed by atoms with van der Waals surface area (Å²) in [6.45, 7) is 3.85. The van der Waals surface area contributed by atoms with Crippen molar-refractivity contribution in [3.8, 4) is 11.3 Å². The molecule has 0 fully saturated rings. The highest BCUT2D eigenvalue weighted by Crippen LogP contribution is 2.39. The Balaban J connectivity index is 1.65. The first-order valence-electron chi connectivity index (χ1n) is 9.76. The SMILES string of the molecule is CC(=O)N1c2ccc(-c3ccc4[nH]ccc4n3)cc2N(C(=O)c2ccco2)C[C@@H]1C. The van der Waals surface area contributed by atoms with Crippen LogP contribution in [0.4, 0.5) is 11.4 Å². The van der Waals surface area contributed by atoms with Crippen molar-refractivity contribution in [1.29, 1.82) is 0 Å². The van der Waals surface area contributed by atoms with Crippen LogP contribution in [-0.2, 0) is 4.79 Å². The van der Waals surface area contributed by atoms with E-state index in [1.165, 1.54) is 6.26 Å². The van der Waals surface area contributed by atoms with E-state index in [0.717, 1.165) is 22.3 Å². The maximum atomic E-state index is 13.1. The van der Waals surface area contributed by atoms with Crippen LogP contribution in [0.2, 0.25) is 0 Å². The molecule has 0 aliphatic carbocycles. The van der Waals surface area contributed by atoms with Gasteiger partial charge in [-0.1, -0.05) is 6.07 Å². The summed E-state index contributed by atoms with van der Waals surface area (Å²) >= 11 is 0. The molecule has 0 bridgehead atoms. The molecule has 3 aromatic heterocycles. The highest BCUT2D eigenvalue weighted by atomic mass is 16.3. The zero-order valence-corrected chi connectivity index (χ0v) is 16.6. The number of nitrogens with one attached hydrogen (secondary N) is 1. The number of nitrogens with zero attached hydrogens (tertiary/aromatic N) is 3. The molecule has 4 aromatic rings. The van der Waals surface area contributed by atoms with Crippen molar-refractivity contribution < 1.29 is 14.0 Å². The smallest absolute Gasteiger partial charge is 0.294 e. The number of furan rings is 1. The number of rotatable bonds is 2. The molecule has 4 heterocycles. The summed E-state index contributed by atoms with van der Waals surface area (Å²) < 4.78 is 5.34. The fourth-order valence-electron chi connectivity index (χ4n) is 4.09. The fourth-order valence-corrected chi connectivity index (χ4v) is 4.09. The molecule has 2 amide bonds. The number of hydrogen-bond donors (Lipinski definition) is 1. The first-order chi connectivity index (χ1) is 14.5. The third-order valence-corrected chi connectivity index (χ3v) is 5.43. The van der Waals surface area contributed by atoms with E-state index in [9.17, 15) is 9.59 Å². The van der Waals surface area contributed by atoms with Crippen LogP contribution < -0.4 is 9.80 Å². The quantitative estimate of drug-likeness (QED) is 0.546. The molecular weight excluding hydrogens is 380 g/mol. The number of H-pyrrole nitrogens is 1. The van der Waals surface area contributed by atoms with Crippen molar-refractivity contribution in [2.24, 2.45) is 0 Å². The molecule has 150 valence electrons. The van der Waals surface area contributed by atoms with Gasteiger partial charge < -0.3 is 19.2 Å². The molecule has 0 spiro atoms. The van der Waals surface area contributed by atoms with Gasteiger partial charge in [-0.3, -0.25) is 9.59 Å². The number of amides is 2. The fraction of sp³-hybridized carbons (Fsp3) is 0.174. The summed E-state index contributed by atoms with van der Waals surface area (Å²) in [5.74, 6) is -0.0299. The summed E-state index contributed by atoms with van der Waals surface area (Å²) in [4.78, 5) is 36.7. The van der Waals surface area contributed by atoms with E-state index in [0.29, 0.717) is 17.9 Å². The predicted molar refractivity (Wildman–Crippen MR) is 115 cm³/mol. The van der Waals surface area contributed by atoms with Gasteiger partial charge >= 0.3 is 0 Å². The van der Waals surface area contributed by atoms with Gasteiger partial charge in [-0.2, -0.15) is 0 Å². The van der Waals surface area contributed by atoms with Crippen LogP contribution in [0, 0.1) is 0 Å². The Morgan fingerprint density at radius 1 is 1.13 bits per heavy atom.